The molecule has 0 spiro atoms. The second kappa shape index (κ2) is 9.23. The number of rotatable bonds is 8. The first-order chi connectivity index (χ1) is 10.1. The fourth-order valence-corrected chi connectivity index (χ4v) is 1.97. The largest absolute Gasteiger partial charge is 0.394 e. The molecule has 0 saturated carbocycles. The maximum atomic E-state index is 11.6. The number of aryl methyl sites for hydroxylation is 1. The zero-order valence-electron chi connectivity index (χ0n) is 13.2. The van der Waals surface area contributed by atoms with Gasteiger partial charge >= 0.3 is 6.03 Å². The molecule has 0 bridgehead atoms. The van der Waals surface area contributed by atoms with Crippen molar-refractivity contribution in [2.45, 2.75) is 32.2 Å². The average Bonchev–Trinajstić information content (AvgIpc) is 2.49. The Bertz CT molecular complexity index is 414. The molecule has 1 rings (SSSR count). The van der Waals surface area contributed by atoms with E-state index in [1.807, 2.05) is 21.0 Å². The fraction of sp³-hybridized carbons (Fsp3) is 0.562. The van der Waals surface area contributed by atoms with E-state index in [0.29, 0.717) is 6.54 Å². The molecule has 0 aliphatic heterocycles. The number of aliphatic hydroxyl groups is 1. The van der Waals surface area contributed by atoms with Gasteiger partial charge in [0.2, 0.25) is 0 Å². The lowest BCUT2D eigenvalue weighted by atomic mass is 10.1. The molecule has 1 atom stereocenters. The molecule has 3 N–H and O–H groups in total. The van der Waals surface area contributed by atoms with E-state index in [-0.39, 0.29) is 18.7 Å². The Hall–Kier alpha value is -1.75. The fourth-order valence-electron chi connectivity index (χ4n) is 1.97. The van der Waals surface area contributed by atoms with Crippen molar-refractivity contribution in [2.24, 2.45) is 0 Å². The molecule has 0 aliphatic rings. The number of anilines is 1. The molecule has 1 unspecified atom stereocenters. The summed E-state index contributed by atoms with van der Waals surface area (Å²) in [5.41, 5.74) is 2.45. The molecule has 1 aromatic rings. The summed E-state index contributed by atoms with van der Waals surface area (Å²) in [6.07, 6.45) is 2.55. The van der Waals surface area contributed by atoms with Crippen LogP contribution in [0.2, 0.25) is 0 Å². The van der Waals surface area contributed by atoms with E-state index >= 15 is 0 Å². The van der Waals surface area contributed by atoms with Crippen LogP contribution in [0.3, 0.4) is 0 Å². The minimum Gasteiger partial charge on any atom is -0.394 e. The van der Waals surface area contributed by atoms with Gasteiger partial charge in [-0.1, -0.05) is 19.1 Å². The number of amides is 2. The van der Waals surface area contributed by atoms with Crippen LogP contribution in [-0.2, 0) is 6.42 Å². The third kappa shape index (κ3) is 6.49. The van der Waals surface area contributed by atoms with Gasteiger partial charge in [-0.05, 0) is 37.0 Å². The van der Waals surface area contributed by atoms with Gasteiger partial charge in [0.25, 0.3) is 0 Å². The van der Waals surface area contributed by atoms with Crippen molar-refractivity contribution < 1.29 is 9.90 Å². The van der Waals surface area contributed by atoms with Crippen molar-refractivity contribution in [1.82, 2.24) is 10.6 Å². The zero-order chi connectivity index (χ0) is 15.7. The Kier molecular flexibility index (Phi) is 7.61. The van der Waals surface area contributed by atoms with E-state index in [1.54, 1.807) is 0 Å². The highest BCUT2D eigenvalue weighted by Gasteiger charge is 2.07. The Balaban J connectivity index is 2.23. The van der Waals surface area contributed by atoms with Crippen LogP contribution in [0.5, 0.6) is 0 Å². The summed E-state index contributed by atoms with van der Waals surface area (Å²) in [4.78, 5) is 13.6. The predicted molar refractivity (Wildman–Crippen MR) is 86.8 cm³/mol. The molecular formula is C16H27N3O2. The van der Waals surface area contributed by atoms with E-state index in [2.05, 4.69) is 39.8 Å². The molecule has 0 heterocycles. The lowest BCUT2D eigenvalue weighted by Gasteiger charge is -2.15. The number of urea groups is 1. The van der Waals surface area contributed by atoms with Gasteiger partial charge in [0, 0.05) is 26.3 Å². The van der Waals surface area contributed by atoms with Gasteiger partial charge < -0.3 is 20.6 Å². The van der Waals surface area contributed by atoms with Crippen molar-refractivity contribution in [3.8, 4) is 0 Å². The van der Waals surface area contributed by atoms with Crippen LogP contribution in [0.4, 0.5) is 10.5 Å². The van der Waals surface area contributed by atoms with Crippen LogP contribution < -0.4 is 15.5 Å². The van der Waals surface area contributed by atoms with Crippen molar-refractivity contribution in [2.75, 3.05) is 32.1 Å². The topological polar surface area (TPSA) is 64.6 Å². The minimum atomic E-state index is -0.209. The maximum Gasteiger partial charge on any atom is 0.315 e. The second-order valence-electron chi connectivity index (χ2n) is 5.35. The third-order valence-electron chi connectivity index (χ3n) is 3.43. The third-order valence-corrected chi connectivity index (χ3v) is 3.43. The van der Waals surface area contributed by atoms with E-state index < -0.39 is 0 Å². The SMILES string of the molecule is CCC(CO)NC(=O)NCCCc1ccc(N(C)C)cc1. The average molecular weight is 293 g/mol. The summed E-state index contributed by atoms with van der Waals surface area (Å²) in [5.74, 6) is 0. The maximum absolute atomic E-state index is 11.6. The van der Waals surface area contributed by atoms with Crippen LogP contribution in [0.1, 0.15) is 25.3 Å². The smallest absolute Gasteiger partial charge is 0.315 e. The predicted octanol–water partition coefficient (Wildman–Crippen LogP) is 1.76. The molecule has 0 aliphatic carbocycles. The zero-order valence-corrected chi connectivity index (χ0v) is 13.2. The molecule has 118 valence electrons. The molecule has 0 fully saturated rings. The first-order valence-corrected chi connectivity index (χ1v) is 7.48. The number of aliphatic hydroxyl groups excluding tert-OH is 1. The van der Waals surface area contributed by atoms with Gasteiger partial charge in [0.15, 0.2) is 0 Å². The first kappa shape index (κ1) is 17.3. The highest BCUT2D eigenvalue weighted by Crippen LogP contribution is 2.13. The van der Waals surface area contributed by atoms with E-state index in [9.17, 15) is 4.79 Å². The lowest BCUT2D eigenvalue weighted by Crippen LogP contribution is -2.43. The van der Waals surface area contributed by atoms with Gasteiger partial charge in [-0.25, -0.2) is 4.79 Å². The van der Waals surface area contributed by atoms with Crippen molar-refractivity contribution in [3.05, 3.63) is 29.8 Å². The Labute approximate surface area is 127 Å². The first-order valence-electron chi connectivity index (χ1n) is 7.48. The van der Waals surface area contributed by atoms with Crippen LogP contribution in [0.25, 0.3) is 0 Å². The van der Waals surface area contributed by atoms with Gasteiger partial charge in [-0.2, -0.15) is 0 Å². The van der Waals surface area contributed by atoms with Crippen molar-refractivity contribution >= 4 is 11.7 Å². The van der Waals surface area contributed by atoms with E-state index in [0.717, 1.165) is 19.3 Å². The van der Waals surface area contributed by atoms with Crippen LogP contribution in [0, 0.1) is 0 Å². The quantitative estimate of drug-likeness (QED) is 0.640. The monoisotopic (exact) mass is 293 g/mol. The van der Waals surface area contributed by atoms with Crippen molar-refractivity contribution in [1.29, 1.82) is 0 Å². The number of carbonyl (C=O) groups is 1. The summed E-state index contributed by atoms with van der Waals surface area (Å²) in [6, 6.07) is 8.07. The van der Waals surface area contributed by atoms with Crippen LogP contribution in [-0.4, -0.2) is 44.4 Å². The molecule has 21 heavy (non-hydrogen) atoms. The molecule has 5 nitrogen and oxygen atoms in total. The van der Waals surface area contributed by atoms with Crippen molar-refractivity contribution in [3.63, 3.8) is 0 Å². The standard InChI is InChI=1S/C16H27N3O2/c1-4-14(12-20)18-16(21)17-11-5-6-13-7-9-15(10-8-13)19(2)3/h7-10,14,20H,4-6,11-12H2,1-3H3,(H2,17,18,21). The lowest BCUT2D eigenvalue weighted by molar-refractivity contribution is 0.214. The van der Waals surface area contributed by atoms with Gasteiger partial charge in [-0.15, -0.1) is 0 Å². The Morgan fingerprint density at radius 1 is 1.29 bits per heavy atom. The Morgan fingerprint density at radius 3 is 2.48 bits per heavy atom. The number of nitrogens with zero attached hydrogens (tertiary/aromatic N) is 1. The molecule has 0 aromatic heterocycles. The number of hydrogen-bond acceptors (Lipinski definition) is 3. The second-order valence-corrected chi connectivity index (χ2v) is 5.35. The van der Waals surface area contributed by atoms with Gasteiger partial charge in [0.05, 0.1) is 12.6 Å². The molecular weight excluding hydrogens is 266 g/mol. The molecule has 1 aromatic carbocycles. The molecule has 0 saturated heterocycles. The highest BCUT2D eigenvalue weighted by atomic mass is 16.3. The Morgan fingerprint density at radius 2 is 1.95 bits per heavy atom. The number of benzene rings is 1. The molecule has 2 amide bonds. The summed E-state index contributed by atoms with van der Waals surface area (Å²) in [5, 5.41) is 14.6. The summed E-state index contributed by atoms with van der Waals surface area (Å²) in [7, 11) is 4.04. The van der Waals surface area contributed by atoms with Gasteiger partial charge in [0.1, 0.15) is 0 Å². The number of nitrogens with one attached hydrogen (secondary N) is 2. The van der Waals surface area contributed by atoms with E-state index in [4.69, 9.17) is 5.11 Å². The normalized spacial score (nSPS) is 11.8. The minimum absolute atomic E-state index is 0.0257. The molecule has 0 radical (unpaired) electrons. The van der Waals surface area contributed by atoms with Gasteiger partial charge in [-0.3, -0.25) is 0 Å². The molecule has 5 heteroatoms. The van der Waals surface area contributed by atoms with E-state index in [1.165, 1.54) is 11.3 Å². The number of hydrogen-bond donors (Lipinski definition) is 3. The number of carbonyl (C=O) groups excluding carboxylic acids is 1. The highest BCUT2D eigenvalue weighted by molar-refractivity contribution is 5.74. The summed E-state index contributed by atoms with van der Waals surface area (Å²) < 4.78 is 0. The van der Waals surface area contributed by atoms with Crippen LogP contribution in [0.15, 0.2) is 24.3 Å². The summed E-state index contributed by atoms with van der Waals surface area (Å²) in [6.45, 7) is 2.53. The summed E-state index contributed by atoms with van der Waals surface area (Å²) >= 11 is 0. The van der Waals surface area contributed by atoms with Crippen LogP contribution >= 0.6 is 0 Å².